The van der Waals surface area contributed by atoms with Crippen LogP contribution in [-0.2, 0) is 14.6 Å². The predicted octanol–water partition coefficient (Wildman–Crippen LogP) is 1.76. The van der Waals surface area contributed by atoms with Gasteiger partial charge in [-0.3, -0.25) is 4.79 Å². The van der Waals surface area contributed by atoms with Gasteiger partial charge in [-0.2, -0.15) is 0 Å². The molecule has 23 heavy (non-hydrogen) atoms. The molecule has 126 valence electrons. The third-order valence-corrected chi connectivity index (χ3v) is 6.55. The molecule has 1 aliphatic carbocycles. The molecule has 1 aromatic carbocycles. The summed E-state index contributed by atoms with van der Waals surface area (Å²) < 4.78 is 23.8. The second-order valence-corrected chi connectivity index (χ2v) is 8.74. The molecule has 1 aliphatic heterocycles. The van der Waals surface area contributed by atoms with E-state index < -0.39 is 22.0 Å². The highest BCUT2D eigenvalue weighted by atomic mass is 32.2. The zero-order chi connectivity index (χ0) is 16.4. The van der Waals surface area contributed by atoms with E-state index in [0.29, 0.717) is 5.69 Å². The fourth-order valence-electron chi connectivity index (χ4n) is 3.67. The number of anilines is 1. The third kappa shape index (κ3) is 3.58. The molecule has 1 N–H and O–H groups in total. The molecule has 6 heteroatoms. The summed E-state index contributed by atoms with van der Waals surface area (Å²) in [6, 6.07) is 8.43. The molecule has 0 radical (unpaired) electrons. The van der Waals surface area contributed by atoms with Crippen LogP contribution in [0.5, 0.6) is 0 Å². The number of carbonyl (C=O) groups excluding carboxylic acids is 1. The van der Waals surface area contributed by atoms with E-state index in [4.69, 9.17) is 0 Å². The number of hydrogen-bond donors (Lipinski definition) is 1. The van der Waals surface area contributed by atoms with Crippen LogP contribution in [0.1, 0.15) is 32.1 Å². The maximum atomic E-state index is 13.1. The van der Waals surface area contributed by atoms with Crippen LogP contribution in [0.25, 0.3) is 0 Å². The first kappa shape index (κ1) is 16.5. The van der Waals surface area contributed by atoms with E-state index in [1.54, 1.807) is 17.0 Å². The zero-order valence-corrected chi connectivity index (χ0v) is 13.9. The molecule has 2 atom stereocenters. The maximum absolute atomic E-state index is 13.1. The van der Waals surface area contributed by atoms with Gasteiger partial charge in [0.2, 0.25) is 5.91 Å². The van der Waals surface area contributed by atoms with Crippen LogP contribution in [-0.4, -0.2) is 43.1 Å². The standard InChI is InChI=1S/C17H23NO4S/c19-16-12-23(21,22)11-15(16)18(14-9-5-2-6-10-14)17(20)13-7-3-1-4-8-13/h2,5-6,9-10,13,15-16,19H,1,3-4,7-8,11-12H2/t15-,16-/m1/s1. The van der Waals surface area contributed by atoms with Crippen molar-refractivity contribution >= 4 is 21.4 Å². The molecule has 0 unspecified atom stereocenters. The van der Waals surface area contributed by atoms with E-state index in [-0.39, 0.29) is 23.3 Å². The highest BCUT2D eigenvalue weighted by molar-refractivity contribution is 7.91. The Morgan fingerprint density at radius 1 is 1.04 bits per heavy atom. The first-order valence-corrected chi connectivity index (χ1v) is 10.1. The lowest BCUT2D eigenvalue weighted by Gasteiger charge is -2.34. The first-order valence-electron chi connectivity index (χ1n) is 8.24. The second-order valence-electron chi connectivity index (χ2n) is 6.59. The minimum Gasteiger partial charge on any atom is -0.390 e. The number of sulfone groups is 1. The normalized spacial score (nSPS) is 27.7. The Kier molecular flexibility index (Phi) is 4.73. The lowest BCUT2D eigenvalue weighted by atomic mass is 9.87. The molecule has 0 spiro atoms. The quantitative estimate of drug-likeness (QED) is 0.912. The van der Waals surface area contributed by atoms with Crippen molar-refractivity contribution in [2.24, 2.45) is 5.92 Å². The number of carbonyl (C=O) groups is 1. The number of nitrogens with zero attached hydrogens (tertiary/aromatic N) is 1. The molecule has 1 heterocycles. The van der Waals surface area contributed by atoms with Crippen molar-refractivity contribution in [1.82, 2.24) is 0 Å². The molecule has 0 aromatic heterocycles. The Hall–Kier alpha value is -1.40. The largest absolute Gasteiger partial charge is 0.390 e. The van der Waals surface area contributed by atoms with Crippen molar-refractivity contribution in [2.75, 3.05) is 16.4 Å². The third-order valence-electron chi connectivity index (χ3n) is 4.85. The lowest BCUT2D eigenvalue weighted by molar-refractivity contribution is -0.124. The average Bonchev–Trinajstić information content (AvgIpc) is 2.82. The zero-order valence-electron chi connectivity index (χ0n) is 13.1. The molecule has 1 saturated carbocycles. The van der Waals surface area contributed by atoms with Crippen molar-refractivity contribution in [3.8, 4) is 0 Å². The molecule has 5 nitrogen and oxygen atoms in total. The van der Waals surface area contributed by atoms with Gasteiger partial charge in [-0.05, 0) is 25.0 Å². The van der Waals surface area contributed by atoms with Crippen LogP contribution < -0.4 is 4.90 Å². The summed E-state index contributed by atoms with van der Waals surface area (Å²) in [6.07, 6.45) is 3.88. The Labute approximate surface area is 137 Å². The van der Waals surface area contributed by atoms with Crippen LogP contribution >= 0.6 is 0 Å². The Bertz CT molecular complexity index is 652. The predicted molar refractivity (Wildman–Crippen MR) is 89.0 cm³/mol. The highest BCUT2D eigenvalue weighted by Crippen LogP contribution is 2.31. The Morgan fingerprint density at radius 3 is 2.26 bits per heavy atom. The number of para-hydroxylation sites is 1. The van der Waals surface area contributed by atoms with Crippen molar-refractivity contribution < 1.29 is 18.3 Å². The summed E-state index contributed by atoms with van der Waals surface area (Å²) in [5.74, 6) is -0.544. The van der Waals surface area contributed by atoms with Gasteiger partial charge in [0, 0.05) is 11.6 Å². The van der Waals surface area contributed by atoms with Crippen LogP contribution in [0.3, 0.4) is 0 Å². The van der Waals surface area contributed by atoms with Crippen molar-refractivity contribution in [2.45, 2.75) is 44.2 Å². The smallest absolute Gasteiger partial charge is 0.230 e. The van der Waals surface area contributed by atoms with E-state index >= 15 is 0 Å². The van der Waals surface area contributed by atoms with Crippen LogP contribution in [0.4, 0.5) is 5.69 Å². The van der Waals surface area contributed by atoms with Gasteiger partial charge in [-0.15, -0.1) is 0 Å². The summed E-state index contributed by atoms with van der Waals surface area (Å²) in [7, 11) is -3.31. The van der Waals surface area contributed by atoms with Crippen LogP contribution in [0.2, 0.25) is 0 Å². The molecule has 1 amide bonds. The van der Waals surface area contributed by atoms with E-state index in [9.17, 15) is 18.3 Å². The van der Waals surface area contributed by atoms with Gasteiger partial charge in [0.15, 0.2) is 9.84 Å². The monoisotopic (exact) mass is 337 g/mol. The van der Waals surface area contributed by atoms with E-state index in [1.165, 1.54) is 0 Å². The molecular formula is C17H23NO4S. The fourth-order valence-corrected chi connectivity index (χ4v) is 5.44. The lowest BCUT2D eigenvalue weighted by Crippen LogP contribution is -2.49. The van der Waals surface area contributed by atoms with E-state index in [2.05, 4.69) is 0 Å². The Morgan fingerprint density at radius 2 is 1.70 bits per heavy atom. The number of rotatable bonds is 3. The summed E-state index contributed by atoms with van der Waals surface area (Å²) in [6.45, 7) is 0. The summed E-state index contributed by atoms with van der Waals surface area (Å²) in [5, 5.41) is 10.2. The molecule has 3 rings (SSSR count). The maximum Gasteiger partial charge on any atom is 0.230 e. The van der Waals surface area contributed by atoms with Crippen molar-refractivity contribution in [1.29, 1.82) is 0 Å². The number of benzene rings is 1. The second kappa shape index (κ2) is 6.61. The van der Waals surface area contributed by atoms with Gasteiger partial charge in [0.05, 0.1) is 23.7 Å². The number of aliphatic hydroxyl groups is 1. The summed E-state index contributed by atoms with van der Waals surface area (Å²) in [4.78, 5) is 14.6. The van der Waals surface area contributed by atoms with Gasteiger partial charge in [0.25, 0.3) is 0 Å². The van der Waals surface area contributed by atoms with Gasteiger partial charge in [-0.1, -0.05) is 37.5 Å². The van der Waals surface area contributed by atoms with E-state index in [0.717, 1.165) is 32.1 Å². The molecule has 2 fully saturated rings. The van der Waals surface area contributed by atoms with Gasteiger partial charge >= 0.3 is 0 Å². The number of hydrogen-bond acceptors (Lipinski definition) is 4. The molecule has 0 bridgehead atoms. The highest BCUT2D eigenvalue weighted by Gasteiger charge is 2.43. The molecule has 2 aliphatic rings. The van der Waals surface area contributed by atoms with Crippen molar-refractivity contribution in [3.05, 3.63) is 30.3 Å². The SMILES string of the molecule is O=C(C1CCCCC1)N(c1ccccc1)[C@@H]1CS(=O)(=O)C[C@H]1O. The van der Waals surface area contributed by atoms with Crippen LogP contribution in [0, 0.1) is 5.92 Å². The number of aliphatic hydroxyl groups excluding tert-OH is 1. The van der Waals surface area contributed by atoms with Gasteiger partial charge in [0.1, 0.15) is 0 Å². The summed E-state index contributed by atoms with van der Waals surface area (Å²) in [5.41, 5.74) is 0.671. The molecular weight excluding hydrogens is 314 g/mol. The fraction of sp³-hybridized carbons (Fsp3) is 0.588. The number of amides is 1. The molecule has 1 aromatic rings. The average molecular weight is 337 g/mol. The first-order chi connectivity index (χ1) is 11.0. The summed E-state index contributed by atoms with van der Waals surface area (Å²) >= 11 is 0. The molecule has 1 saturated heterocycles. The topological polar surface area (TPSA) is 74.7 Å². The Balaban J connectivity index is 1.92. The van der Waals surface area contributed by atoms with Crippen molar-refractivity contribution in [3.63, 3.8) is 0 Å². The van der Waals surface area contributed by atoms with E-state index in [1.807, 2.05) is 18.2 Å². The minimum atomic E-state index is -3.31. The van der Waals surface area contributed by atoms with Gasteiger partial charge in [-0.25, -0.2) is 8.42 Å². The van der Waals surface area contributed by atoms with Gasteiger partial charge < -0.3 is 10.0 Å². The van der Waals surface area contributed by atoms with Crippen LogP contribution in [0.15, 0.2) is 30.3 Å². The minimum absolute atomic E-state index is 0.0444.